The third kappa shape index (κ3) is 5.54. The van der Waals surface area contributed by atoms with E-state index in [1.807, 2.05) is 12.1 Å². The fourth-order valence-electron chi connectivity index (χ4n) is 4.03. The second kappa shape index (κ2) is 9.91. The van der Waals surface area contributed by atoms with Crippen LogP contribution in [0, 0.1) is 17.2 Å². The summed E-state index contributed by atoms with van der Waals surface area (Å²) in [5, 5.41) is 25.9. The molecule has 1 aliphatic rings. The summed E-state index contributed by atoms with van der Waals surface area (Å²) in [6, 6.07) is 15.4. The van der Waals surface area contributed by atoms with Gasteiger partial charge in [0.1, 0.15) is 5.69 Å². The summed E-state index contributed by atoms with van der Waals surface area (Å²) in [6.45, 7) is 0.841. The normalized spacial score (nSPS) is 14.2. The average Bonchev–Trinajstić information content (AvgIpc) is 3.35. The van der Waals surface area contributed by atoms with Crippen LogP contribution in [0.15, 0.2) is 67.0 Å². The zero-order valence-corrected chi connectivity index (χ0v) is 19.5. The smallest absolute Gasteiger partial charge is 0.321 e. The summed E-state index contributed by atoms with van der Waals surface area (Å²) in [7, 11) is 0. The Morgan fingerprint density at radius 3 is 2.68 bits per heavy atom. The maximum atomic E-state index is 13.5. The molecule has 2 heterocycles. The lowest BCUT2D eigenvalue weighted by molar-refractivity contribution is -0.141. The van der Waals surface area contributed by atoms with Gasteiger partial charge in [-0.2, -0.15) is 28.6 Å². The van der Waals surface area contributed by atoms with Crippen LogP contribution in [0.25, 0.3) is 5.69 Å². The Kier molecular flexibility index (Phi) is 6.50. The number of nitrogens with zero attached hydrogens (tertiary/aromatic N) is 4. The van der Waals surface area contributed by atoms with Crippen LogP contribution in [-0.2, 0) is 6.18 Å². The van der Waals surface area contributed by atoms with Gasteiger partial charge in [0.25, 0.3) is 5.91 Å². The minimum atomic E-state index is -4.75. The molecule has 1 atom stereocenters. The van der Waals surface area contributed by atoms with E-state index in [4.69, 9.17) is 0 Å². The molecule has 1 amide bonds. The van der Waals surface area contributed by atoms with Crippen molar-refractivity contribution in [1.29, 1.82) is 5.26 Å². The van der Waals surface area contributed by atoms with Crippen LogP contribution < -0.4 is 10.6 Å². The van der Waals surface area contributed by atoms with Crippen molar-refractivity contribution in [1.82, 2.24) is 25.3 Å². The van der Waals surface area contributed by atoms with E-state index in [2.05, 4.69) is 25.9 Å². The van der Waals surface area contributed by atoms with Crippen LogP contribution in [0.2, 0.25) is 0 Å². The van der Waals surface area contributed by atoms with Gasteiger partial charge in [-0.1, -0.05) is 18.2 Å². The zero-order valence-electron chi connectivity index (χ0n) is 19.5. The third-order valence-electron chi connectivity index (χ3n) is 6.09. The number of carbonyl (C=O) groups excluding carboxylic acids is 1. The van der Waals surface area contributed by atoms with E-state index in [0.29, 0.717) is 17.7 Å². The lowest BCUT2D eigenvalue weighted by atomic mass is 10.0. The Morgan fingerprint density at radius 1 is 1.16 bits per heavy atom. The van der Waals surface area contributed by atoms with Crippen molar-refractivity contribution in [3.63, 3.8) is 0 Å². The van der Waals surface area contributed by atoms with Crippen molar-refractivity contribution in [3.8, 4) is 11.8 Å². The molecule has 5 rings (SSSR count). The molecule has 0 saturated heterocycles. The van der Waals surface area contributed by atoms with Crippen molar-refractivity contribution in [3.05, 3.63) is 95.1 Å². The number of H-pyrrole nitrogens is 1. The van der Waals surface area contributed by atoms with E-state index < -0.39 is 17.8 Å². The first-order valence-corrected chi connectivity index (χ1v) is 11.6. The van der Waals surface area contributed by atoms with Crippen molar-refractivity contribution in [2.24, 2.45) is 5.92 Å². The summed E-state index contributed by atoms with van der Waals surface area (Å²) in [5.74, 6) is -0.131. The van der Waals surface area contributed by atoms with E-state index in [9.17, 15) is 23.2 Å². The second-order valence-corrected chi connectivity index (χ2v) is 8.88. The Bertz CT molecular complexity index is 1450. The number of nitrogens with one attached hydrogen (secondary N) is 3. The number of alkyl halides is 3. The predicted molar refractivity (Wildman–Crippen MR) is 129 cm³/mol. The molecule has 1 unspecified atom stereocenters. The fourth-order valence-corrected chi connectivity index (χ4v) is 4.03. The zero-order chi connectivity index (χ0) is 26.0. The first-order chi connectivity index (χ1) is 17.8. The lowest BCUT2D eigenvalue weighted by Crippen LogP contribution is -2.24. The van der Waals surface area contributed by atoms with Gasteiger partial charge in [0.05, 0.1) is 29.6 Å². The van der Waals surface area contributed by atoms with Gasteiger partial charge in [0, 0.05) is 23.5 Å². The van der Waals surface area contributed by atoms with Gasteiger partial charge in [-0.05, 0) is 61.2 Å². The lowest BCUT2D eigenvalue weighted by Gasteiger charge is -2.19. The van der Waals surface area contributed by atoms with Crippen molar-refractivity contribution in [2.75, 3.05) is 11.9 Å². The molecule has 4 aromatic rings. The quantitative estimate of drug-likeness (QED) is 0.318. The number of carbonyl (C=O) groups is 1. The highest BCUT2D eigenvalue weighted by Gasteiger charge is 2.36. The number of aromatic amines is 1. The van der Waals surface area contributed by atoms with Gasteiger partial charge < -0.3 is 10.6 Å². The summed E-state index contributed by atoms with van der Waals surface area (Å²) >= 11 is 0. The van der Waals surface area contributed by atoms with Crippen LogP contribution in [0.3, 0.4) is 0 Å². The highest BCUT2D eigenvalue weighted by atomic mass is 19.4. The maximum Gasteiger partial charge on any atom is 0.435 e. The van der Waals surface area contributed by atoms with E-state index >= 15 is 0 Å². The Morgan fingerprint density at radius 2 is 1.97 bits per heavy atom. The number of hydrogen-bond donors (Lipinski definition) is 3. The van der Waals surface area contributed by atoms with Crippen LogP contribution >= 0.6 is 0 Å². The minimum absolute atomic E-state index is 0.165. The molecule has 0 spiro atoms. The highest BCUT2D eigenvalue weighted by Crippen LogP contribution is 2.32. The molecule has 0 bridgehead atoms. The van der Waals surface area contributed by atoms with E-state index in [1.54, 1.807) is 30.6 Å². The van der Waals surface area contributed by atoms with Gasteiger partial charge >= 0.3 is 6.18 Å². The van der Waals surface area contributed by atoms with Crippen LogP contribution in [0.4, 0.5) is 18.9 Å². The molecule has 3 N–H and O–H groups in total. The summed E-state index contributed by atoms with van der Waals surface area (Å²) in [5.41, 5.74) is 1.07. The number of aromatic nitrogens is 4. The predicted octanol–water partition coefficient (Wildman–Crippen LogP) is 4.83. The number of amides is 1. The van der Waals surface area contributed by atoms with Crippen LogP contribution in [-0.4, -0.2) is 32.4 Å². The molecule has 188 valence electrons. The topological polar surface area (TPSA) is 111 Å². The van der Waals surface area contributed by atoms with E-state index in [1.165, 1.54) is 37.1 Å². The summed E-state index contributed by atoms with van der Waals surface area (Å²) < 4.78 is 41.3. The molecule has 0 radical (unpaired) electrons. The molecular weight excluding hydrogens is 483 g/mol. The summed E-state index contributed by atoms with van der Waals surface area (Å²) in [4.78, 5) is 13.2. The van der Waals surface area contributed by atoms with Gasteiger partial charge in [-0.25, -0.2) is 4.68 Å². The standard InChI is InChI=1S/C26H22F3N7O/c27-26(28,29)23-11-22(36(35-23)21-6-1-3-17(9-21)12-30)25(37)34-20-5-2-4-18(10-20)24(19-14-32-33-15-19)31-13-16-7-8-16/h1-6,9-11,14-16,24,31H,7-8,13H2,(H,32,33)(H,34,37). The number of anilines is 1. The Hall–Kier alpha value is -4.43. The van der Waals surface area contributed by atoms with Gasteiger partial charge in [0.2, 0.25) is 0 Å². The molecule has 0 aliphatic heterocycles. The van der Waals surface area contributed by atoms with Crippen molar-refractivity contribution in [2.45, 2.75) is 25.1 Å². The third-order valence-corrected chi connectivity index (χ3v) is 6.09. The number of halogens is 3. The largest absolute Gasteiger partial charge is 0.435 e. The van der Waals surface area contributed by atoms with Crippen molar-refractivity contribution < 1.29 is 18.0 Å². The van der Waals surface area contributed by atoms with E-state index in [0.717, 1.165) is 22.4 Å². The Labute approximate surface area is 210 Å². The van der Waals surface area contributed by atoms with Gasteiger partial charge in [-0.15, -0.1) is 0 Å². The van der Waals surface area contributed by atoms with Crippen LogP contribution in [0.1, 0.15) is 51.8 Å². The monoisotopic (exact) mass is 505 g/mol. The SMILES string of the molecule is N#Cc1cccc(-n2nc(C(F)(F)F)cc2C(=O)Nc2cccc(C(NCC3CC3)c3cn[nH]c3)c2)c1. The number of hydrogen-bond acceptors (Lipinski definition) is 5. The molecule has 1 aliphatic carbocycles. The number of rotatable bonds is 8. The highest BCUT2D eigenvalue weighted by molar-refractivity contribution is 6.03. The second-order valence-electron chi connectivity index (χ2n) is 8.88. The first kappa shape index (κ1) is 24.3. The fraction of sp³-hybridized carbons (Fsp3) is 0.231. The summed E-state index contributed by atoms with van der Waals surface area (Å²) in [6.07, 6.45) is 1.14. The van der Waals surface area contributed by atoms with Crippen LogP contribution in [0.5, 0.6) is 0 Å². The molecule has 1 saturated carbocycles. The van der Waals surface area contributed by atoms with Gasteiger partial charge in [0.15, 0.2) is 5.69 Å². The molecule has 11 heteroatoms. The molecule has 37 heavy (non-hydrogen) atoms. The molecule has 8 nitrogen and oxygen atoms in total. The Balaban J connectivity index is 1.44. The van der Waals surface area contributed by atoms with Crippen molar-refractivity contribution >= 4 is 11.6 Å². The molecule has 1 fully saturated rings. The minimum Gasteiger partial charge on any atom is -0.321 e. The van der Waals surface area contributed by atoms with E-state index in [-0.39, 0.29) is 23.0 Å². The number of nitriles is 1. The maximum absolute atomic E-state index is 13.5. The molecular formula is C26H22F3N7O. The molecule has 2 aromatic carbocycles. The molecule has 2 aromatic heterocycles. The average molecular weight is 506 g/mol. The number of benzene rings is 2. The first-order valence-electron chi connectivity index (χ1n) is 11.6. The van der Waals surface area contributed by atoms with Gasteiger partial charge in [-0.3, -0.25) is 9.89 Å².